The minimum Gasteiger partial charge on any atom is -0.453 e. The van der Waals surface area contributed by atoms with Crippen molar-refractivity contribution in [2.75, 3.05) is 20.2 Å². The first kappa shape index (κ1) is 18.3. The van der Waals surface area contributed by atoms with Crippen LogP contribution in [0, 0.1) is 17.8 Å². The second-order valence-electron chi connectivity index (χ2n) is 9.30. The van der Waals surface area contributed by atoms with Crippen molar-refractivity contribution in [2.24, 2.45) is 17.8 Å². The molecule has 2 atom stereocenters. The summed E-state index contributed by atoms with van der Waals surface area (Å²) in [6.07, 6.45) is 1.03. The van der Waals surface area contributed by atoms with Crippen LogP contribution in [0.2, 0.25) is 0 Å². The average molecular weight is 371 g/mol. The Morgan fingerprint density at radius 3 is 2.44 bits per heavy atom. The van der Waals surface area contributed by atoms with Crippen LogP contribution in [-0.4, -0.2) is 48.1 Å². The molecule has 27 heavy (non-hydrogen) atoms. The predicted octanol–water partition coefficient (Wildman–Crippen LogP) is 2.69. The fourth-order valence-corrected chi connectivity index (χ4v) is 4.62. The molecule has 2 heterocycles. The first-order valence-corrected chi connectivity index (χ1v) is 9.88. The smallest absolute Gasteiger partial charge is 0.407 e. The van der Waals surface area contributed by atoms with Gasteiger partial charge in [0.25, 0.3) is 0 Å². The molecule has 6 nitrogen and oxygen atoms in total. The second kappa shape index (κ2) is 6.50. The van der Waals surface area contributed by atoms with Gasteiger partial charge in [-0.25, -0.2) is 4.79 Å². The number of aromatic nitrogens is 1. The number of amides is 2. The molecule has 1 saturated heterocycles. The molecule has 3 aliphatic rings. The number of nitrogens with one attached hydrogen (secondary N) is 1. The molecule has 3 fully saturated rings. The molecular weight excluding hydrogens is 342 g/mol. The minimum absolute atomic E-state index is 0.0467. The van der Waals surface area contributed by atoms with Gasteiger partial charge < -0.3 is 15.0 Å². The van der Waals surface area contributed by atoms with Crippen LogP contribution in [0.5, 0.6) is 0 Å². The molecule has 1 N–H and O–H groups in total. The number of carbonyl (C=O) groups is 2. The molecule has 2 amide bonds. The van der Waals surface area contributed by atoms with E-state index in [4.69, 9.17) is 4.98 Å². The van der Waals surface area contributed by atoms with Crippen molar-refractivity contribution in [3.05, 3.63) is 29.6 Å². The van der Waals surface area contributed by atoms with Crippen molar-refractivity contribution >= 4 is 12.0 Å². The maximum absolute atomic E-state index is 12.7. The highest BCUT2D eigenvalue weighted by atomic mass is 16.5. The number of rotatable bonds is 3. The number of piperidine rings is 1. The number of hydrogen-bond acceptors (Lipinski definition) is 4. The Morgan fingerprint density at radius 1 is 1.19 bits per heavy atom. The maximum Gasteiger partial charge on any atom is 0.407 e. The summed E-state index contributed by atoms with van der Waals surface area (Å²) in [5.41, 5.74) is 2.38. The van der Waals surface area contributed by atoms with Crippen LogP contribution in [-0.2, 0) is 14.9 Å². The summed E-state index contributed by atoms with van der Waals surface area (Å²) >= 11 is 0. The Morgan fingerprint density at radius 2 is 1.85 bits per heavy atom. The number of methoxy groups -OCH3 is 1. The highest BCUT2D eigenvalue weighted by molar-refractivity contribution is 5.81. The zero-order chi connectivity index (χ0) is 19.3. The van der Waals surface area contributed by atoms with Crippen LogP contribution in [0.25, 0.3) is 0 Å². The van der Waals surface area contributed by atoms with E-state index >= 15 is 0 Å². The van der Waals surface area contributed by atoms with Gasteiger partial charge in [0.2, 0.25) is 5.91 Å². The van der Waals surface area contributed by atoms with Gasteiger partial charge in [-0.2, -0.15) is 0 Å². The molecule has 0 spiro atoms. The van der Waals surface area contributed by atoms with E-state index in [0.717, 1.165) is 31.6 Å². The van der Waals surface area contributed by atoms with Crippen LogP contribution >= 0.6 is 0 Å². The quantitative estimate of drug-likeness (QED) is 0.887. The molecule has 4 rings (SSSR count). The average Bonchev–Trinajstić information content (AvgIpc) is 3.10. The summed E-state index contributed by atoms with van der Waals surface area (Å²) in [4.78, 5) is 30.8. The minimum atomic E-state index is -0.416. The summed E-state index contributed by atoms with van der Waals surface area (Å²) < 4.78 is 4.60. The summed E-state index contributed by atoms with van der Waals surface area (Å²) in [7, 11) is 1.36. The number of hydrogen-bond donors (Lipinski definition) is 1. The lowest BCUT2D eigenvalue weighted by atomic mass is 9.79. The van der Waals surface area contributed by atoms with E-state index in [-0.39, 0.29) is 23.3 Å². The van der Waals surface area contributed by atoms with Gasteiger partial charge >= 0.3 is 6.09 Å². The highest BCUT2D eigenvalue weighted by Gasteiger charge is 2.58. The van der Waals surface area contributed by atoms with Gasteiger partial charge in [-0.3, -0.25) is 9.78 Å². The normalized spacial score (nSPS) is 31.7. The van der Waals surface area contributed by atoms with E-state index in [9.17, 15) is 9.59 Å². The number of carbonyl (C=O) groups excluding carboxylic acids is 2. The molecular formula is C21H29N3O3. The molecule has 146 valence electrons. The van der Waals surface area contributed by atoms with Crippen LogP contribution in [0.3, 0.4) is 0 Å². The largest absolute Gasteiger partial charge is 0.453 e. The molecule has 1 aliphatic heterocycles. The number of pyridine rings is 1. The summed E-state index contributed by atoms with van der Waals surface area (Å²) in [5, 5.41) is 2.76. The Labute approximate surface area is 160 Å². The summed E-state index contributed by atoms with van der Waals surface area (Å²) in [5.74, 6) is 1.92. The second-order valence-corrected chi connectivity index (χ2v) is 9.30. The van der Waals surface area contributed by atoms with Crippen molar-refractivity contribution in [3.8, 4) is 0 Å². The molecule has 6 heteroatoms. The molecule has 2 unspecified atom stereocenters. The van der Waals surface area contributed by atoms with Gasteiger partial charge in [0.15, 0.2) is 0 Å². The van der Waals surface area contributed by atoms with E-state index in [1.807, 2.05) is 4.90 Å². The van der Waals surface area contributed by atoms with Gasteiger partial charge in [-0.15, -0.1) is 0 Å². The predicted molar refractivity (Wildman–Crippen MR) is 101 cm³/mol. The number of nitrogens with zero attached hydrogens (tertiary/aromatic N) is 2. The van der Waals surface area contributed by atoms with Gasteiger partial charge in [0.05, 0.1) is 7.11 Å². The van der Waals surface area contributed by atoms with E-state index in [1.165, 1.54) is 12.8 Å². The molecule has 0 radical (unpaired) electrons. The van der Waals surface area contributed by atoms with Gasteiger partial charge in [0.1, 0.15) is 0 Å². The van der Waals surface area contributed by atoms with Crippen LogP contribution < -0.4 is 5.32 Å². The van der Waals surface area contributed by atoms with Crippen molar-refractivity contribution in [2.45, 2.75) is 51.0 Å². The zero-order valence-corrected chi connectivity index (χ0v) is 16.6. The lowest BCUT2D eigenvalue weighted by Gasteiger charge is -2.37. The third-order valence-corrected chi connectivity index (χ3v) is 6.38. The van der Waals surface area contributed by atoms with Gasteiger partial charge in [-0.1, -0.05) is 26.8 Å². The van der Waals surface area contributed by atoms with E-state index in [0.29, 0.717) is 17.8 Å². The van der Waals surface area contributed by atoms with E-state index in [1.54, 1.807) is 0 Å². The Kier molecular flexibility index (Phi) is 4.40. The molecule has 1 aromatic rings. The monoisotopic (exact) mass is 371 g/mol. The lowest BCUT2D eigenvalue weighted by Crippen LogP contribution is -2.50. The van der Waals surface area contributed by atoms with E-state index < -0.39 is 6.09 Å². The number of alkyl carbamates (subject to hydrolysis) is 1. The molecule has 2 aliphatic carbocycles. The van der Waals surface area contributed by atoms with Crippen molar-refractivity contribution in [1.29, 1.82) is 0 Å². The molecule has 1 aromatic heterocycles. The first-order valence-electron chi connectivity index (χ1n) is 9.88. The Balaban J connectivity index is 1.29. The fraction of sp³-hybridized carbons (Fsp3) is 0.667. The zero-order valence-electron chi connectivity index (χ0n) is 16.6. The van der Waals surface area contributed by atoms with Crippen molar-refractivity contribution < 1.29 is 14.3 Å². The number of ether oxygens (including phenoxy) is 1. The lowest BCUT2D eigenvalue weighted by molar-refractivity contribution is -0.138. The standard InChI is InChI=1S/C21H29N3O3/c1-21(2,3)17-7-5-6-16(23-17)18-14-10-24(11-15(14)18)19(25)12-8-13(9-12)22-20(26)27-4/h5-7,12-15,18H,8-11H2,1-4H3,(H,22,26). The van der Waals surface area contributed by atoms with Crippen LogP contribution in [0.4, 0.5) is 4.79 Å². The molecule has 0 aromatic carbocycles. The van der Waals surface area contributed by atoms with Crippen LogP contribution in [0.15, 0.2) is 18.2 Å². The third kappa shape index (κ3) is 3.42. The molecule has 2 saturated carbocycles. The highest BCUT2D eigenvalue weighted by Crippen LogP contribution is 2.58. The first-order chi connectivity index (χ1) is 12.8. The summed E-state index contributed by atoms with van der Waals surface area (Å²) in [6, 6.07) is 6.43. The SMILES string of the molecule is COC(=O)NC1CC(C(=O)N2CC3C(C2)C3c2cccc(C(C)(C)C)n2)C1. The van der Waals surface area contributed by atoms with E-state index in [2.05, 4.69) is 49.0 Å². The third-order valence-electron chi connectivity index (χ3n) is 6.38. The van der Waals surface area contributed by atoms with Crippen molar-refractivity contribution in [1.82, 2.24) is 15.2 Å². The Hall–Kier alpha value is -2.11. The topological polar surface area (TPSA) is 71.5 Å². The summed E-state index contributed by atoms with van der Waals surface area (Å²) in [6.45, 7) is 8.26. The van der Waals surface area contributed by atoms with Gasteiger partial charge in [0, 0.05) is 47.8 Å². The maximum atomic E-state index is 12.7. The van der Waals surface area contributed by atoms with Crippen molar-refractivity contribution in [3.63, 3.8) is 0 Å². The number of fused-ring (bicyclic) bond motifs is 1. The fourth-order valence-electron chi connectivity index (χ4n) is 4.62. The van der Waals surface area contributed by atoms with Crippen LogP contribution in [0.1, 0.15) is 50.9 Å². The number of likely N-dealkylation sites (tertiary alicyclic amines) is 1. The molecule has 0 bridgehead atoms. The van der Waals surface area contributed by atoms with Gasteiger partial charge in [-0.05, 0) is 36.8 Å². The Bertz CT molecular complexity index is 739.